The zero-order valence-electron chi connectivity index (χ0n) is 24.8. The summed E-state index contributed by atoms with van der Waals surface area (Å²) in [6, 6.07) is 48.5. The third-order valence-corrected chi connectivity index (χ3v) is 8.81. The minimum absolute atomic E-state index is 0.363. The third kappa shape index (κ3) is 3.94. The molecule has 0 atom stereocenters. The van der Waals surface area contributed by atoms with E-state index in [0.29, 0.717) is 12.5 Å². The molecule has 3 aromatic heterocycles. The van der Waals surface area contributed by atoms with Crippen molar-refractivity contribution in [3.05, 3.63) is 151 Å². The second-order valence-electron chi connectivity index (χ2n) is 11.4. The molecule has 0 N–H and O–H groups in total. The van der Waals surface area contributed by atoms with Crippen LogP contribution in [0, 0.1) is 0 Å². The van der Waals surface area contributed by atoms with E-state index in [-0.39, 0.29) is 0 Å². The Morgan fingerprint density at radius 3 is 2.07 bits per heavy atom. The minimum Gasteiger partial charge on any atom is -0.471 e. The lowest BCUT2D eigenvalue weighted by molar-refractivity contribution is 0.292. The zero-order valence-corrected chi connectivity index (χ0v) is 24.8. The summed E-state index contributed by atoms with van der Waals surface area (Å²) < 4.78 is 10.7. The third-order valence-electron chi connectivity index (χ3n) is 8.81. The lowest BCUT2D eigenvalue weighted by atomic mass is 10.00. The number of nitrogens with zero attached hydrogens (tertiary/aromatic N) is 5. The van der Waals surface area contributed by atoms with E-state index in [2.05, 4.69) is 135 Å². The molecule has 218 valence electrons. The van der Waals surface area contributed by atoms with E-state index in [0.717, 1.165) is 55.4 Å². The van der Waals surface area contributed by atoms with Crippen LogP contribution < -0.4 is 0 Å². The van der Waals surface area contributed by atoms with Gasteiger partial charge in [0.25, 0.3) is 0 Å². The molecule has 0 saturated carbocycles. The number of ether oxygens (including phenoxy) is 1. The van der Waals surface area contributed by atoms with E-state index >= 15 is 0 Å². The Morgan fingerprint density at radius 2 is 1.28 bits per heavy atom. The molecule has 0 saturated heterocycles. The van der Waals surface area contributed by atoms with E-state index in [1.165, 1.54) is 21.5 Å². The molecule has 0 aliphatic heterocycles. The van der Waals surface area contributed by atoms with Gasteiger partial charge >= 0.3 is 0 Å². The molecule has 46 heavy (non-hydrogen) atoms. The van der Waals surface area contributed by atoms with Gasteiger partial charge in [0.2, 0.25) is 5.90 Å². The van der Waals surface area contributed by atoms with Crippen LogP contribution in [-0.2, 0) is 11.3 Å². The Labute approximate surface area is 264 Å². The summed E-state index contributed by atoms with van der Waals surface area (Å²) >= 11 is 0. The number of benzene rings is 6. The highest BCUT2D eigenvalue weighted by atomic mass is 16.5. The van der Waals surface area contributed by atoms with Crippen LogP contribution in [0.1, 0.15) is 11.1 Å². The first kappa shape index (κ1) is 26.2. The molecule has 0 unspecified atom stereocenters. The summed E-state index contributed by atoms with van der Waals surface area (Å²) in [4.78, 5) is 5.14. The fraction of sp³-hybridized carbons (Fsp3) is 0.0250. The quantitative estimate of drug-likeness (QED) is 0.0864. The van der Waals surface area contributed by atoms with Crippen molar-refractivity contribution in [3.8, 4) is 5.69 Å². The zero-order chi connectivity index (χ0) is 30.6. The molecule has 9 aromatic rings. The molecular weight excluding hydrogens is 566 g/mol. The molecule has 0 radical (unpaired) electrons. The topological polar surface area (TPSA) is 56.2 Å². The number of rotatable bonds is 5. The smallest absolute Gasteiger partial charge is 0.241 e. The summed E-state index contributed by atoms with van der Waals surface area (Å²) in [7, 11) is 0. The van der Waals surface area contributed by atoms with Crippen LogP contribution in [0.5, 0.6) is 0 Å². The normalized spacial score (nSPS) is 12.2. The van der Waals surface area contributed by atoms with Gasteiger partial charge in [-0.15, -0.1) is 5.10 Å². The van der Waals surface area contributed by atoms with Crippen LogP contribution >= 0.6 is 0 Å². The van der Waals surface area contributed by atoms with Crippen molar-refractivity contribution in [2.75, 3.05) is 0 Å². The predicted octanol–water partition coefficient (Wildman–Crippen LogP) is 9.47. The highest BCUT2D eigenvalue weighted by Crippen LogP contribution is 2.41. The standard InChI is InChI=1S/C40H27N5O/c1-41-43-40(27-11-3-2-4-12-27)46-25-26-19-21-28(22-20-26)44-33-16-8-6-14-30(33)38-36(44)24-23-31-37(38)29-13-5-9-17-34(29)45-35-18-10-7-15-32(35)42-39(31)45/h2-24H,1,25H2/b43-40-. The Morgan fingerprint density at radius 1 is 0.609 bits per heavy atom. The largest absolute Gasteiger partial charge is 0.471 e. The van der Waals surface area contributed by atoms with Crippen LogP contribution in [0.4, 0.5) is 0 Å². The molecule has 0 bridgehead atoms. The van der Waals surface area contributed by atoms with Gasteiger partial charge in [-0.2, -0.15) is 5.10 Å². The van der Waals surface area contributed by atoms with Gasteiger partial charge in [0.05, 0.1) is 27.6 Å². The predicted molar refractivity (Wildman–Crippen MR) is 189 cm³/mol. The molecule has 6 aromatic carbocycles. The number of pyridine rings is 1. The maximum atomic E-state index is 6.07. The summed E-state index contributed by atoms with van der Waals surface area (Å²) in [5.41, 5.74) is 9.51. The number of hydrogen-bond acceptors (Lipinski definition) is 4. The van der Waals surface area contributed by atoms with Gasteiger partial charge in [0.1, 0.15) is 12.3 Å². The Hall–Kier alpha value is -6.27. The highest BCUT2D eigenvalue weighted by molar-refractivity contribution is 6.30. The first-order chi connectivity index (χ1) is 22.8. The molecule has 0 fully saturated rings. The summed E-state index contributed by atoms with van der Waals surface area (Å²) in [5.74, 6) is 0.445. The van der Waals surface area contributed by atoms with E-state index in [1.54, 1.807) is 0 Å². The highest BCUT2D eigenvalue weighted by Gasteiger charge is 2.20. The van der Waals surface area contributed by atoms with Crippen molar-refractivity contribution in [1.82, 2.24) is 14.0 Å². The Bertz CT molecular complexity index is 2650. The molecule has 9 rings (SSSR count). The molecule has 0 aliphatic rings. The Kier molecular flexibility index (Phi) is 5.93. The lowest BCUT2D eigenvalue weighted by Crippen LogP contribution is -2.06. The molecule has 6 heteroatoms. The second-order valence-corrected chi connectivity index (χ2v) is 11.4. The molecular formula is C40H27N5O. The average Bonchev–Trinajstić information content (AvgIpc) is 3.67. The van der Waals surface area contributed by atoms with Crippen molar-refractivity contribution < 1.29 is 4.74 Å². The first-order valence-corrected chi connectivity index (χ1v) is 15.2. The van der Waals surface area contributed by atoms with Crippen molar-refractivity contribution in [1.29, 1.82) is 0 Å². The minimum atomic E-state index is 0.363. The van der Waals surface area contributed by atoms with Crippen LogP contribution in [0.15, 0.2) is 150 Å². The van der Waals surface area contributed by atoms with E-state index in [4.69, 9.17) is 9.72 Å². The number of hydrogen-bond donors (Lipinski definition) is 0. The van der Waals surface area contributed by atoms with Crippen molar-refractivity contribution in [2.45, 2.75) is 6.61 Å². The molecule has 0 spiro atoms. The summed E-state index contributed by atoms with van der Waals surface area (Å²) in [5, 5.41) is 13.8. The van der Waals surface area contributed by atoms with Crippen molar-refractivity contribution in [3.63, 3.8) is 0 Å². The van der Waals surface area contributed by atoms with E-state index < -0.39 is 0 Å². The second kappa shape index (κ2) is 10.4. The van der Waals surface area contributed by atoms with E-state index in [9.17, 15) is 0 Å². The van der Waals surface area contributed by atoms with Gasteiger partial charge in [0, 0.05) is 44.9 Å². The maximum Gasteiger partial charge on any atom is 0.241 e. The van der Waals surface area contributed by atoms with Crippen LogP contribution in [0.3, 0.4) is 0 Å². The van der Waals surface area contributed by atoms with Gasteiger partial charge in [0.15, 0.2) is 0 Å². The lowest BCUT2D eigenvalue weighted by Gasteiger charge is -2.12. The summed E-state index contributed by atoms with van der Waals surface area (Å²) in [6.07, 6.45) is 0. The average molecular weight is 594 g/mol. The monoisotopic (exact) mass is 593 g/mol. The van der Waals surface area contributed by atoms with Gasteiger partial charge in [-0.3, -0.25) is 4.40 Å². The number of para-hydroxylation sites is 4. The fourth-order valence-corrected chi connectivity index (χ4v) is 6.84. The number of aromatic nitrogens is 3. The molecule has 0 aliphatic carbocycles. The van der Waals surface area contributed by atoms with Gasteiger partial charge < -0.3 is 9.30 Å². The van der Waals surface area contributed by atoms with Crippen molar-refractivity contribution >= 4 is 72.8 Å². The Balaban J connectivity index is 1.22. The SMILES string of the molecule is C=N/N=C(\OCc1ccc(-n2c3ccccc3c3c4c5ccccc5n5c6ccccc6nc5c4ccc32)cc1)c1ccccc1. The van der Waals surface area contributed by atoms with Crippen LogP contribution in [0.2, 0.25) is 0 Å². The number of fused-ring (bicyclic) bond motifs is 12. The molecule has 3 heterocycles. The van der Waals surface area contributed by atoms with Crippen LogP contribution in [0.25, 0.3) is 65.8 Å². The fourth-order valence-electron chi connectivity index (χ4n) is 6.84. The number of imidazole rings is 1. The maximum absolute atomic E-state index is 6.07. The van der Waals surface area contributed by atoms with Gasteiger partial charge in [-0.05, 0) is 66.2 Å². The van der Waals surface area contributed by atoms with Crippen LogP contribution in [-0.4, -0.2) is 26.6 Å². The molecule has 0 amide bonds. The van der Waals surface area contributed by atoms with E-state index in [1.807, 2.05) is 30.3 Å². The first-order valence-electron chi connectivity index (χ1n) is 15.2. The van der Waals surface area contributed by atoms with Crippen molar-refractivity contribution in [2.24, 2.45) is 10.2 Å². The van der Waals surface area contributed by atoms with Gasteiger partial charge in [-0.25, -0.2) is 4.98 Å². The molecule has 6 nitrogen and oxygen atoms in total. The summed E-state index contributed by atoms with van der Waals surface area (Å²) in [6.45, 7) is 3.87. The van der Waals surface area contributed by atoms with Gasteiger partial charge in [-0.1, -0.05) is 78.9 Å².